The second-order valence-electron chi connectivity index (χ2n) is 7.32. The van der Waals surface area contributed by atoms with E-state index in [0.29, 0.717) is 11.5 Å². The Balaban J connectivity index is 1.62. The summed E-state index contributed by atoms with van der Waals surface area (Å²) in [5.41, 5.74) is 1.06. The molecule has 0 saturated heterocycles. The third-order valence-electron chi connectivity index (χ3n) is 5.00. The molecule has 1 atom stereocenters. The van der Waals surface area contributed by atoms with Gasteiger partial charge in [-0.15, -0.1) is 0 Å². The number of fused-ring (bicyclic) bond motifs is 1. The molecular weight excluding hydrogens is 449 g/mol. The van der Waals surface area contributed by atoms with Crippen LogP contribution < -0.4 is 4.74 Å². The van der Waals surface area contributed by atoms with E-state index in [-0.39, 0.29) is 35.0 Å². The van der Waals surface area contributed by atoms with Crippen LogP contribution in [0.25, 0.3) is 5.82 Å². The van der Waals surface area contributed by atoms with Gasteiger partial charge >= 0.3 is 6.18 Å². The first-order chi connectivity index (χ1) is 15.1. The van der Waals surface area contributed by atoms with Crippen LogP contribution in [0.2, 0.25) is 5.02 Å². The number of nitrogens with zero attached hydrogens (tertiary/aromatic N) is 6. The van der Waals surface area contributed by atoms with Gasteiger partial charge in [0, 0.05) is 31.5 Å². The van der Waals surface area contributed by atoms with E-state index in [1.54, 1.807) is 28.0 Å². The minimum absolute atomic E-state index is 0.0423. The van der Waals surface area contributed by atoms with Gasteiger partial charge < -0.3 is 14.2 Å². The molecule has 1 aliphatic rings. The standard InChI is InChI=1S/C20H16ClF3N6O2/c1-11(20(22,23)24)32-15-4-3-12(5-25)18(21)17(15)19(31)29-6-13-7-30(27-14(13)8-29)16-9-28(2)10-26-16/h3-4,7,9-11H,6,8H2,1-2H3/t11-/m0/s1. The molecule has 166 valence electrons. The van der Waals surface area contributed by atoms with Crippen LogP contribution in [0.5, 0.6) is 5.75 Å². The molecule has 2 aromatic heterocycles. The molecule has 0 aliphatic carbocycles. The van der Waals surface area contributed by atoms with Crippen LogP contribution in [0.1, 0.15) is 34.1 Å². The lowest BCUT2D eigenvalue weighted by molar-refractivity contribution is -0.189. The van der Waals surface area contributed by atoms with E-state index in [4.69, 9.17) is 16.3 Å². The van der Waals surface area contributed by atoms with Crippen molar-refractivity contribution in [3.05, 3.63) is 58.3 Å². The van der Waals surface area contributed by atoms with E-state index in [0.717, 1.165) is 18.6 Å². The van der Waals surface area contributed by atoms with E-state index in [1.807, 2.05) is 13.1 Å². The number of hydrogen-bond donors (Lipinski definition) is 0. The zero-order valence-electron chi connectivity index (χ0n) is 16.9. The summed E-state index contributed by atoms with van der Waals surface area (Å²) in [7, 11) is 1.83. The number of alkyl halides is 3. The molecule has 0 bridgehead atoms. The number of rotatable bonds is 4. The lowest BCUT2D eigenvalue weighted by Gasteiger charge is -2.23. The molecule has 12 heteroatoms. The number of halogens is 4. The highest BCUT2D eigenvalue weighted by Crippen LogP contribution is 2.35. The molecule has 3 aromatic rings. The molecule has 8 nitrogen and oxygen atoms in total. The van der Waals surface area contributed by atoms with Gasteiger partial charge in [-0.2, -0.15) is 23.5 Å². The molecule has 0 radical (unpaired) electrons. The fourth-order valence-electron chi connectivity index (χ4n) is 3.29. The highest BCUT2D eigenvalue weighted by Gasteiger charge is 2.39. The number of imidazole rings is 1. The molecule has 0 saturated carbocycles. The number of hydrogen-bond acceptors (Lipinski definition) is 5. The Morgan fingerprint density at radius 1 is 1.31 bits per heavy atom. The topological polar surface area (TPSA) is 89.0 Å². The van der Waals surface area contributed by atoms with Crippen molar-refractivity contribution in [3.8, 4) is 17.6 Å². The Hall–Kier alpha value is -3.52. The number of carbonyl (C=O) groups excluding carboxylic acids is 1. The van der Waals surface area contributed by atoms with E-state index in [2.05, 4.69) is 10.1 Å². The normalized spacial score (nSPS) is 14.2. The molecular formula is C20H16ClF3N6O2. The van der Waals surface area contributed by atoms with Crippen molar-refractivity contribution >= 4 is 17.5 Å². The average Bonchev–Trinajstić information content (AvgIpc) is 3.41. The Bertz CT molecular complexity index is 1220. The first-order valence-corrected chi connectivity index (χ1v) is 9.77. The zero-order chi connectivity index (χ0) is 23.2. The summed E-state index contributed by atoms with van der Waals surface area (Å²) in [6.07, 6.45) is -1.66. The van der Waals surface area contributed by atoms with E-state index < -0.39 is 18.2 Å². The lowest BCUT2D eigenvalue weighted by Crippen LogP contribution is -2.33. The third kappa shape index (κ3) is 3.89. The first-order valence-electron chi connectivity index (χ1n) is 9.39. The SMILES string of the molecule is C[C@H](Oc1ccc(C#N)c(Cl)c1C(=O)N1Cc2cn(-c3cn(C)cn3)nc2C1)C(F)(F)F. The Morgan fingerprint density at radius 2 is 2.06 bits per heavy atom. The summed E-state index contributed by atoms with van der Waals surface area (Å²) in [4.78, 5) is 18.8. The van der Waals surface area contributed by atoms with E-state index in [9.17, 15) is 23.2 Å². The third-order valence-corrected chi connectivity index (χ3v) is 5.39. The second-order valence-corrected chi connectivity index (χ2v) is 7.70. The average molecular weight is 465 g/mol. The lowest BCUT2D eigenvalue weighted by atomic mass is 10.1. The van der Waals surface area contributed by atoms with Crippen molar-refractivity contribution < 1.29 is 22.7 Å². The smallest absolute Gasteiger partial charge is 0.425 e. The molecule has 1 aromatic carbocycles. The van der Waals surface area contributed by atoms with Crippen molar-refractivity contribution in [2.24, 2.45) is 7.05 Å². The Kier molecular flexibility index (Phi) is 5.34. The number of aromatic nitrogens is 4. The predicted octanol–water partition coefficient (Wildman–Crippen LogP) is 3.62. The Labute approximate surface area is 185 Å². The number of carbonyl (C=O) groups is 1. The van der Waals surface area contributed by atoms with Crippen LogP contribution in [-0.2, 0) is 20.1 Å². The van der Waals surface area contributed by atoms with E-state index in [1.165, 1.54) is 11.0 Å². The van der Waals surface area contributed by atoms with Gasteiger partial charge in [0.15, 0.2) is 11.9 Å². The Morgan fingerprint density at radius 3 is 2.66 bits per heavy atom. The predicted molar refractivity (Wildman–Crippen MR) is 106 cm³/mol. The van der Waals surface area contributed by atoms with Crippen molar-refractivity contribution in [2.75, 3.05) is 0 Å². The van der Waals surface area contributed by atoms with Gasteiger partial charge in [0.2, 0.25) is 0 Å². The highest BCUT2D eigenvalue weighted by atomic mass is 35.5. The van der Waals surface area contributed by atoms with Gasteiger partial charge in [0.1, 0.15) is 17.4 Å². The summed E-state index contributed by atoms with van der Waals surface area (Å²) in [5.74, 6) is -0.382. The number of aryl methyl sites for hydroxylation is 1. The molecule has 3 heterocycles. The first kappa shape index (κ1) is 21.7. The molecule has 1 amide bonds. The maximum absolute atomic E-state index is 13.2. The summed E-state index contributed by atoms with van der Waals surface area (Å²) in [6.45, 7) is 1.12. The van der Waals surface area contributed by atoms with Gasteiger partial charge in [0.25, 0.3) is 5.91 Å². The molecule has 0 fully saturated rings. The number of amides is 1. The van der Waals surface area contributed by atoms with Crippen LogP contribution in [0.4, 0.5) is 13.2 Å². The zero-order valence-corrected chi connectivity index (χ0v) is 17.6. The summed E-state index contributed by atoms with van der Waals surface area (Å²) < 4.78 is 47.4. The number of nitriles is 1. The fraction of sp³-hybridized carbons (Fsp3) is 0.300. The van der Waals surface area contributed by atoms with E-state index >= 15 is 0 Å². The maximum atomic E-state index is 13.2. The van der Waals surface area contributed by atoms with Gasteiger partial charge in [-0.1, -0.05) is 11.6 Å². The van der Waals surface area contributed by atoms with Crippen LogP contribution in [-0.4, -0.2) is 42.4 Å². The molecule has 0 N–H and O–H groups in total. The van der Waals surface area contributed by atoms with Crippen molar-refractivity contribution in [3.63, 3.8) is 0 Å². The largest absolute Gasteiger partial charge is 0.480 e. The van der Waals surface area contributed by atoms with Crippen LogP contribution in [0, 0.1) is 11.3 Å². The highest BCUT2D eigenvalue weighted by molar-refractivity contribution is 6.35. The molecule has 0 unspecified atom stereocenters. The van der Waals surface area contributed by atoms with Crippen molar-refractivity contribution in [1.29, 1.82) is 5.26 Å². The molecule has 32 heavy (non-hydrogen) atoms. The summed E-state index contributed by atoms with van der Waals surface area (Å²) in [6, 6.07) is 4.19. The summed E-state index contributed by atoms with van der Waals surface area (Å²) in [5, 5.41) is 13.4. The van der Waals surface area contributed by atoms with Crippen molar-refractivity contribution in [1.82, 2.24) is 24.2 Å². The fourth-order valence-corrected chi connectivity index (χ4v) is 3.57. The molecule has 0 spiro atoms. The van der Waals surface area contributed by atoms with Crippen molar-refractivity contribution in [2.45, 2.75) is 32.3 Å². The van der Waals surface area contributed by atoms with Crippen LogP contribution in [0.3, 0.4) is 0 Å². The maximum Gasteiger partial charge on any atom is 0.425 e. The summed E-state index contributed by atoms with van der Waals surface area (Å²) >= 11 is 6.22. The quantitative estimate of drug-likeness (QED) is 0.588. The minimum atomic E-state index is -4.64. The van der Waals surface area contributed by atoms with Gasteiger partial charge in [-0.05, 0) is 19.1 Å². The van der Waals surface area contributed by atoms with Crippen LogP contribution >= 0.6 is 11.6 Å². The second kappa shape index (κ2) is 7.87. The van der Waals surface area contributed by atoms with Gasteiger partial charge in [0.05, 0.1) is 29.2 Å². The molecule has 1 aliphatic heterocycles. The van der Waals surface area contributed by atoms with Gasteiger partial charge in [-0.3, -0.25) is 4.79 Å². The van der Waals surface area contributed by atoms with Gasteiger partial charge in [-0.25, -0.2) is 9.67 Å². The minimum Gasteiger partial charge on any atom is -0.480 e. The number of benzene rings is 1. The van der Waals surface area contributed by atoms with Crippen LogP contribution in [0.15, 0.2) is 30.9 Å². The molecule has 4 rings (SSSR count). The number of ether oxygens (including phenoxy) is 1. The monoisotopic (exact) mass is 464 g/mol.